The van der Waals surface area contributed by atoms with E-state index in [2.05, 4.69) is 26.8 Å². The Hall–Kier alpha value is -1.86. The summed E-state index contributed by atoms with van der Waals surface area (Å²) in [6, 6.07) is 10.7. The molecule has 0 radical (unpaired) electrons. The molecule has 2 N–H and O–H groups in total. The summed E-state index contributed by atoms with van der Waals surface area (Å²) in [5, 5.41) is 0. The molecule has 2 aromatic rings. The van der Waals surface area contributed by atoms with Gasteiger partial charge in [0.05, 0.1) is 22.2 Å². The lowest BCUT2D eigenvalue weighted by molar-refractivity contribution is -0.121. The first-order chi connectivity index (χ1) is 10.1. The summed E-state index contributed by atoms with van der Waals surface area (Å²) < 4.78 is 6.03. The van der Waals surface area contributed by atoms with Crippen LogP contribution in [0.25, 0.3) is 0 Å². The van der Waals surface area contributed by atoms with Crippen LogP contribution >= 0.6 is 27.3 Å². The SMILES string of the molecule is COc1ccccc1CC(=O)NNC(=O)c1ccc(Br)s1. The molecule has 1 heterocycles. The van der Waals surface area contributed by atoms with Crippen LogP contribution in [-0.4, -0.2) is 18.9 Å². The van der Waals surface area contributed by atoms with Crippen LogP contribution in [0.15, 0.2) is 40.2 Å². The van der Waals surface area contributed by atoms with Gasteiger partial charge in [0.2, 0.25) is 5.91 Å². The largest absolute Gasteiger partial charge is 0.496 e. The number of amides is 2. The molecule has 0 bridgehead atoms. The second-order valence-electron chi connectivity index (χ2n) is 4.09. The number of methoxy groups -OCH3 is 1. The summed E-state index contributed by atoms with van der Waals surface area (Å²) in [5.74, 6) is -0.0243. The van der Waals surface area contributed by atoms with Crippen LogP contribution in [0.3, 0.4) is 0 Å². The lowest BCUT2D eigenvalue weighted by Gasteiger charge is -2.09. The van der Waals surface area contributed by atoms with Crippen molar-refractivity contribution in [3.05, 3.63) is 50.6 Å². The van der Waals surface area contributed by atoms with Crippen LogP contribution < -0.4 is 15.6 Å². The molecule has 0 aliphatic heterocycles. The molecule has 1 aromatic carbocycles. The highest BCUT2D eigenvalue weighted by Gasteiger charge is 2.11. The number of para-hydroxylation sites is 1. The van der Waals surface area contributed by atoms with Gasteiger partial charge < -0.3 is 4.74 Å². The molecule has 0 aliphatic rings. The Morgan fingerprint density at radius 3 is 2.62 bits per heavy atom. The van der Waals surface area contributed by atoms with E-state index in [4.69, 9.17) is 4.74 Å². The van der Waals surface area contributed by atoms with Crippen molar-refractivity contribution in [1.29, 1.82) is 0 Å². The molecule has 1 aromatic heterocycles. The smallest absolute Gasteiger partial charge is 0.279 e. The Morgan fingerprint density at radius 1 is 1.19 bits per heavy atom. The van der Waals surface area contributed by atoms with Crippen LogP contribution in [0.1, 0.15) is 15.2 Å². The quantitative estimate of drug-likeness (QED) is 0.814. The molecule has 0 aliphatic carbocycles. The highest BCUT2D eigenvalue weighted by atomic mass is 79.9. The molecular weight excluding hydrogens is 356 g/mol. The van der Waals surface area contributed by atoms with E-state index in [0.717, 1.165) is 9.35 Å². The number of benzene rings is 1. The van der Waals surface area contributed by atoms with Gasteiger partial charge in [0.15, 0.2) is 0 Å². The third-order valence-corrected chi connectivity index (χ3v) is 4.28. The average molecular weight is 369 g/mol. The van der Waals surface area contributed by atoms with E-state index < -0.39 is 0 Å². The van der Waals surface area contributed by atoms with Gasteiger partial charge in [-0.05, 0) is 34.1 Å². The molecule has 0 saturated carbocycles. The number of hydrogen-bond donors (Lipinski definition) is 2. The zero-order chi connectivity index (χ0) is 15.2. The van der Waals surface area contributed by atoms with E-state index in [1.165, 1.54) is 11.3 Å². The summed E-state index contributed by atoms with van der Waals surface area (Å²) in [4.78, 5) is 24.1. The van der Waals surface area contributed by atoms with Crippen molar-refractivity contribution in [3.63, 3.8) is 0 Å². The minimum atomic E-state index is -0.348. The van der Waals surface area contributed by atoms with E-state index in [1.54, 1.807) is 31.4 Å². The standard InChI is InChI=1S/C14H13BrN2O3S/c1-20-10-5-3-2-4-9(10)8-13(18)16-17-14(19)11-6-7-12(15)21-11/h2-7H,8H2,1H3,(H,16,18)(H,17,19). The van der Waals surface area contributed by atoms with Gasteiger partial charge in [-0.2, -0.15) is 0 Å². The van der Waals surface area contributed by atoms with E-state index in [1.807, 2.05) is 12.1 Å². The number of carbonyl (C=O) groups excluding carboxylic acids is 2. The summed E-state index contributed by atoms with van der Waals surface area (Å²) in [5.41, 5.74) is 5.52. The Morgan fingerprint density at radius 2 is 1.95 bits per heavy atom. The van der Waals surface area contributed by atoms with Gasteiger partial charge in [0.25, 0.3) is 5.91 Å². The van der Waals surface area contributed by atoms with Crippen LogP contribution in [0.4, 0.5) is 0 Å². The average Bonchev–Trinajstić information content (AvgIpc) is 2.92. The van der Waals surface area contributed by atoms with Gasteiger partial charge in [-0.1, -0.05) is 18.2 Å². The fourth-order valence-corrected chi connectivity index (χ4v) is 2.97. The molecule has 2 amide bonds. The molecule has 21 heavy (non-hydrogen) atoms. The maximum Gasteiger partial charge on any atom is 0.279 e. The third-order valence-electron chi connectivity index (χ3n) is 2.66. The summed E-state index contributed by atoms with van der Waals surface area (Å²) in [7, 11) is 1.55. The topological polar surface area (TPSA) is 67.4 Å². The highest BCUT2D eigenvalue weighted by molar-refractivity contribution is 9.11. The van der Waals surface area contributed by atoms with Crippen LogP contribution in [0.2, 0.25) is 0 Å². The number of carbonyl (C=O) groups is 2. The second-order valence-corrected chi connectivity index (χ2v) is 6.56. The predicted octanol–water partition coefficient (Wildman–Crippen LogP) is 2.52. The highest BCUT2D eigenvalue weighted by Crippen LogP contribution is 2.21. The number of thiophene rings is 1. The number of rotatable bonds is 4. The second kappa shape index (κ2) is 7.24. The van der Waals surface area contributed by atoms with E-state index in [0.29, 0.717) is 10.6 Å². The molecule has 2 rings (SSSR count). The first-order valence-electron chi connectivity index (χ1n) is 6.06. The summed E-state index contributed by atoms with van der Waals surface area (Å²) in [6.07, 6.45) is 0.123. The Balaban J connectivity index is 1.89. The zero-order valence-corrected chi connectivity index (χ0v) is 13.6. The lowest BCUT2D eigenvalue weighted by Crippen LogP contribution is -2.42. The van der Waals surface area contributed by atoms with Crippen molar-refractivity contribution in [1.82, 2.24) is 10.9 Å². The normalized spacial score (nSPS) is 10.0. The van der Waals surface area contributed by atoms with Crippen molar-refractivity contribution in [2.75, 3.05) is 7.11 Å². The van der Waals surface area contributed by atoms with Gasteiger partial charge in [-0.25, -0.2) is 0 Å². The van der Waals surface area contributed by atoms with E-state index in [9.17, 15) is 9.59 Å². The number of hydrogen-bond acceptors (Lipinski definition) is 4. The first kappa shape index (κ1) is 15.5. The lowest BCUT2D eigenvalue weighted by atomic mass is 10.1. The number of hydrazine groups is 1. The zero-order valence-electron chi connectivity index (χ0n) is 11.2. The fourth-order valence-electron chi connectivity index (χ4n) is 1.69. The van der Waals surface area contributed by atoms with Crippen molar-refractivity contribution in [2.45, 2.75) is 6.42 Å². The summed E-state index contributed by atoms with van der Waals surface area (Å²) in [6.45, 7) is 0. The molecule has 0 fully saturated rings. The molecule has 0 saturated heterocycles. The molecule has 0 spiro atoms. The molecular formula is C14H13BrN2O3S. The van der Waals surface area contributed by atoms with Gasteiger partial charge >= 0.3 is 0 Å². The third kappa shape index (κ3) is 4.30. The molecule has 5 nitrogen and oxygen atoms in total. The molecule has 0 atom stereocenters. The minimum absolute atomic E-state index is 0.123. The van der Waals surface area contributed by atoms with Crippen LogP contribution in [0.5, 0.6) is 5.75 Å². The molecule has 110 valence electrons. The van der Waals surface area contributed by atoms with E-state index >= 15 is 0 Å². The molecule has 7 heteroatoms. The van der Waals surface area contributed by atoms with Crippen molar-refractivity contribution in [3.8, 4) is 5.75 Å². The maximum absolute atomic E-state index is 11.8. The van der Waals surface area contributed by atoms with Gasteiger partial charge in [-0.3, -0.25) is 20.4 Å². The number of ether oxygens (including phenoxy) is 1. The van der Waals surface area contributed by atoms with Gasteiger partial charge in [0.1, 0.15) is 5.75 Å². The fraction of sp³-hybridized carbons (Fsp3) is 0.143. The Labute approximate surface area is 134 Å². The summed E-state index contributed by atoms with van der Waals surface area (Å²) >= 11 is 4.57. The van der Waals surface area contributed by atoms with Gasteiger partial charge in [0, 0.05) is 5.56 Å². The van der Waals surface area contributed by atoms with Crippen LogP contribution in [0, 0.1) is 0 Å². The minimum Gasteiger partial charge on any atom is -0.496 e. The maximum atomic E-state index is 11.8. The Kier molecular flexibility index (Phi) is 5.35. The number of nitrogens with one attached hydrogen (secondary N) is 2. The van der Waals surface area contributed by atoms with Gasteiger partial charge in [-0.15, -0.1) is 11.3 Å². The number of halogens is 1. The van der Waals surface area contributed by atoms with Crippen molar-refractivity contribution in [2.24, 2.45) is 0 Å². The van der Waals surface area contributed by atoms with Crippen molar-refractivity contribution < 1.29 is 14.3 Å². The van der Waals surface area contributed by atoms with E-state index in [-0.39, 0.29) is 18.2 Å². The predicted molar refractivity (Wildman–Crippen MR) is 84.3 cm³/mol. The monoisotopic (exact) mass is 368 g/mol. The van der Waals surface area contributed by atoms with Crippen LogP contribution in [-0.2, 0) is 11.2 Å². The first-order valence-corrected chi connectivity index (χ1v) is 7.67. The molecule has 0 unspecified atom stereocenters. The Bertz CT molecular complexity index is 657. The van der Waals surface area contributed by atoms with Crippen molar-refractivity contribution >= 4 is 39.1 Å².